The average Bonchev–Trinajstić information content (AvgIpc) is 2.76. The Kier molecular flexibility index (Phi) is 3.19. The molecule has 1 heterocycles. The SMILES string of the molecule is COC(=O)c1cnc(-c2c(C)cc(C)cc2C)[nH]1. The van der Waals surface area contributed by atoms with Gasteiger partial charge in [-0.25, -0.2) is 9.78 Å². The fourth-order valence-corrected chi connectivity index (χ4v) is 2.22. The van der Waals surface area contributed by atoms with E-state index in [1.807, 2.05) is 13.8 Å². The largest absolute Gasteiger partial charge is 0.464 e. The first kappa shape index (κ1) is 12.4. The summed E-state index contributed by atoms with van der Waals surface area (Å²) in [5.74, 6) is 0.293. The van der Waals surface area contributed by atoms with Gasteiger partial charge in [-0.1, -0.05) is 17.7 Å². The van der Waals surface area contributed by atoms with E-state index in [2.05, 4.69) is 33.8 Å². The zero-order valence-electron chi connectivity index (χ0n) is 11.0. The Hall–Kier alpha value is -2.10. The molecule has 1 aromatic carbocycles. The summed E-state index contributed by atoms with van der Waals surface area (Å²) >= 11 is 0. The second-order valence-electron chi connectivity index (χ2n) is 4.41. The van der Waals surface area contributed by atoms with Gasteiger partial charge in [0.2, 0.25) is 0 Å². The van der Waals surface area contributed by atoms with E-state index in [4.69, 9.17) is 0 Å². The van der Waals surface area contributed by atoms with Crippen LogP contribution in [0.1, 0.15) is 27.2 Å². The molecular weight excluding hydrogens is 228 g/mol. The molecule has 0 aliphatic heterocycles. The molecule has 94 valence electrons. The number of benzene rings is 1. The highest BCUT2D eigenvalue weighted by Crippen LogP contribution is 2.26. The maximum absolute atomic E-state index is 11.4. The number of hydrogen-bond acceptors (Lipinski definition) is 3. The van der Waals surface area contributed by atoms with Crippen LogP contribution < -0.4 is 0 Å². The van der Waals surface area contributed by atoms with E-state index in [1.165, 1.54) is 18.9 Å². The van der Waals surface area contributed by atoms with E-state index in [9.17, 15) is 4.79 Å². The maximum atomic E-state index is 11.4. The predicted octanol–water partition coefficient (Wildman–Crippen LogP) is 2.79. The van der Waals surface area contributed by atoms with Crippen molar-refractivity contribution in [3.05, 3.63) is 40.7 Å². The number of esters is 1. The summed E-state index contributed by atoms with van der Waals surface area (Å²) in [6, 6.07) is 4.20. The normalized spacial score (nSPS) is 10.4. The molecule has 0 bridgehead atoms. The smallest absolute Gasteiger partial charge is 0.356 e. The third-order valence-corrected chi connectivity index (χ3v) is 2.89. The predicted molar refractivity (Wildman–Crippen MR) is 69.6 cm³/mol. The number of H-pyrrole nitrogens is 1. The first-order chi connectivity index (χ1) is 8.52. The van der Waals surface area contributed by atoms with E-state index in [1.54, 1.807) is 0 Å². The van der Waals surface area contributed by atoms with Crippen molar-refractivity contribution in [3.8, 4) is 11.4 Å². The average molecular weight is 244 g/mol. The highest BCUT2D eigenvalue weighted by Gasteiger charge is 2.13. The van der Waals surface area contributed by atoms with Crippen LogP contribution in [0.2, 0.25) is 0 Å². The van der Waals surface area contributed by atoms with Gasteiger partial charge in [0, 0.05) is 5.56 Å². The minimum atomic E-state index is -0.406. The summed E-state index contributed by atoms with van der Waals surface area (Å²) < 4.78 is 4.65. The van der Waals surface area contributed by atoms with Crippen molar-refractivity contribution in [2.75, 3.05) is 7.11 Å². The number of imidazole rings is 1. The molecule has 0 atom stereocenters. The third kappa shape index (κ3) is 2.14. The molecule has 0 aliphatic carbocycles. The van der Waals surface area contributed by atoms with Gasteiger partial charge in [-0.05, 0) is 31.9 Å². The van der Waals surface area contributed by atoms with Crippen molar-refractivity contribution in [2.45, 2.75) is 20.8 Å². The Labute approximate surface area is 106 Å². The summed E-state index contributed by atoms with van der Waals surface area (Å²) in [5, 5.41) is 0. The van der Waals surface area contributed by atoms with Crippen LogP contribution in [0.25, 0.3) is 11.4 Å². The van der Waals surface area contributed by atoms with E-state index >= 15 is 0 Å². The number of ether oxygens (including phenoxy) is 1. The van der Waals surface area contributed by atoms with Gasteiger partial charge < -0.3 is 9.72 Å². The van der Waals surface area contributed by atoms with Gasteiger partial charge in [0.1, 0.15) is 11.5 Å². The first-order valence-electron chi connectivity index (χ1n) is 5.74. The zero-order chi connectivity index (χ0) is 13.3. The number of nitrogens with one attached hydrogen (secondary N) is 1. The molecule has 2 rings (SSSR count). The molecule has 1 aromatic heterocycles. The lowest BCUT2D eigenvalue weighted by atomic mass is 9.99. The number of methoxy groups -OCH3 is 1. The molecule has 0 radical (unpaired) electrons. The molecule has 1 N–H and O–H groups in total. The molecule has 0 fully saturated rings. The highest BCUT2D eigenvalue weighted by molar-refractivity contribution is 5.87. The number of carbonyl (C=O) groups is 1. The number of nitrogens with zero attached hydrogens (tertiary/aromatic N) is 1. The molecule has 0 unspecified atom stereocenters. The monoisotopic (exact) mass is 244 g/mol. The van der Waals surface area contributed by atoms with Gasteiger partial charge in [-0.3, -0.25) is 0 Å². The van der Waals surface area contributed by atoms with Crippen LogP contribution >= 0.6 is 0 Å². The second-order valence-corrected chi connectivity index (χ2v) is 4.41. The van der Waals surface area contributed by atoms with Crippen LogP contribution in [0.5, 0.6) is 0 Å². The first-order valence-corrected chi connectivity index (χ1v) is 5.74. The standard InChI is InChI=1S/C14H16N2O2/c1-8-5-9(2)12(10(3)6-8)13-15-7-11(16-13)14(17)18-4/h5-7H,1-4H3,(H,15,16). The number of aromatic amines is 1. The molecule has 0 amide bonds. The molecule has 0 spiro atoms. The Morgan fingerprint density at radius 3 is 2.39 bits per heavy atom. The van der Waals surface area contributed by atoms with Crippen molar-refractivity contribution in [3.63, 3.8) is 0 Å². The topological polar surface area (TPSA) is 55.0 Å². The van der Waals surface area contributed by atoms with Crippen LogP contribution in [0.3, 0.4) is 0 Å². The lowest BCUT2D eigenvalue weighted by Crippen LogP contribution is -2.01. The summed E-state index contributed by atoms with van der Waals surface area (Å²) in [6.45, 7) is 6.14. The Bertz CT molecular complexity index is 577. The van der Waals surface area contributed by atoms with E-state index in [0.29, 0.717) is 11.5 Å². The van der Waals surface area contributed by atoms with Crippen molar-refractivity contribution in [1.82, 2.24) is 9.97 Å². The molecule has 18 heavy (non-hydrogen) atoms. The fourth-order valence-electron chi connectivity index (χ4n) is 2.22. The van der Waals surface area contributed by atoms with Gasteiger partial charge in [-0.15, -0.1) is 0 Å². The van der Waals surface area contributed by atoms with Gasteiger partial charge >= 0.3 is 5.97 Å². The molecular formula is C14H16N2O2. The van der Waals surface area contributed by atoms with Gasteiger partial charge in [0.15, 0.2) is 0 Å². The van der Waals surface area contributed by atoms with Crippen molar-refractivity contribution in [2.24, 2.45) is 0 Å². The molecule has 4 nitrogen and oxygen atoms in total. The lowest BCUT2D eigenvalue weighted by Gasteiger charge is -2.08. The molecule has 0 aliphatic rings. The zero-order valence-corrected chi connectivity index (χ0v) is 11.0. The lowest BCUT2D eigenvalue weighted by molar-refractivity contribution is 0.0595. The van der Waals surface area contributed by atoms with Crippen molar-refractivity contribution in [1.29, 1.82) is 0 Å². The summed E-state index contributed by atoms with van der Waals surface area (Å²) in [4.78, 5) is 18.6. The van der Waals surface area contributed by atoms with Gasteiger partial charge in [0.25, 0.3) is 0 Å². The number of rotatable bonds is 2. The maximum Gasteiger partial charge on any atom is 0.356 e. The van der Waals surface area contributed by atoms with Crippen LogP contribution in [-0.4, -0.2) is 23.0 Å². The van der Waals surface area contributed by atoms with Crippen molar-refractivity contribution >= 4 is 5.97 Å². The number of carbonyl (C=O) groups excluding carboxylic acids is 1. The number of aryl methyl sites for hydroxylation is 3. The van der Waals surface area contributed by atoms with Gasteiger partial charge in [-0.2, -0.15) is 0 Å². The summed E-state index contributed by atoms with van der Waals surface area (Å²) in [7, 11) is 1.35. The van der Waals surface area contributed by atoms with E-state index in [0.717, 1.165) is 16.7 Å². The Morgan fingerprint density at radius 1 is 1.22 bits per heavy atom. The minimum Gasteiger partial charge on any atom is -0.464 e. The van der Waals surface area contributed by atoms with Crippen molar-refractivity contribution < 1.29 is 9.53 Å². The summed E-state index contributed by atoms with van der Waals surface area (Å²) in [5.41, 5.74) is 4.90. The Balaban J connectivity index is 2.49. The fraction of sp³-hybridized carbons (Fsp3) is 0.286. The van der Waals surface area contributed by atoms with Crippen LogP contribution in [0, 0.1) is 20.8 Å². The van der Waals surface area contributed by atoms with Gasteiger partial charge in [0.05, 0.1) is 13.3 Å². The van der Waals surface area contributed by atoms with E-state index in [-0.39, 0.29) is 0 Å². The molecule has 4 heteroatoms. The number of aromatic nitrogens is 2. The van der Waals surface area contributed by atoms with E-state index < -0.39 is 5.97 Å². The molecule has 2 aromatic rings. The third-order valence-electron chi connectivity index (χ3n) is 2.89. The minimum absolute atomic E-state index is 0.367. The number of hydrogen-bond donors (Lipinski definition) is 1. The summed E-state index contributed by atoms with van der Waals surface area (Å²) in [6.07, 6.45) is 1.50. The quantitative estimate of drug-likeness (QED) is 0.826. The second kappa shape index (κ2) is 4.64. The van der Waals surface area contributed by atoms with Crippen LogP contribution in [-0.2, 0) is 4.74 Å². The highest BCUT2D eigenvalue weighted by atomic mass is 16.5. The van der Waals surface area contributed by atoms with Crippen LogP contribution in [0.4, 0.5) is 0 Å². The Morgan fingerprint density at radius 2 is 1.83 bits per heavy atom. The molecule has 0 saturated heterocycles. The van der Waals surface area contributed by atoms with Crippen LogP contribution in [0.15, 0.2) is 18.3 Å². The molecule has 0 saturated carbocycles.